The summed E-state index contributed by atoms with van der Waals surface area (Å²) in [5.41, 5.74) is 4.42. The number of carbonyl (C=O) groups is 1. The molecule has 0 saturated carbocycles. The smallest absolute Gasteiger partial charge is 0.172 e. The Morgan fingerprint density at radius 3 is 2.37 bits per heavy atom. The number of aromatic nitrogens is 3. The van der Waals surface area contributed by atoms with Crippen LogP contribution in [0.15, 0.2) is 18.2 Å². The average Bonchev–Trinajstić information content (AvgIpc) is 2.76. The Bertz CT molecular complexity index is 621. The molecule has 0 atom stereocenters. The van der Waals surface area contributed by atoms with Crippen molar-refractivity contribution in [3.05, 3.63) is 40.7 Å². The number of nitrogens with zero attached hydrogens (tertiary/aromatic N) is 3. The Hall–Kier alpha value is -1.97. The fourth-order valence-electron chi connectivity index (χ4n) is 2.11. The molecule has 0 aliphatic carbocycles. The highest BCUT2D eigenvalue weighted by molar-refractivity contribution is 5.74. The summed E-state index contributed by atoms with van der Waals surface area (Å²) in [4.78, 5) is 11.1. The average molecular weight is 257 g/mol. The predicted octanol–water partition coefficient (Wildman–Crippen LogP) is 2.99. The first-order chi connectivity index (χ1) is 8.84. The number of aryl methyl sites for hydroxylation is 2. The zero-order valence-corrected chi connectivity index (χ0v) is 12.1. The molecule has 1 aromatic carbocycles. The summed E-state index contributed by atoms with van der Waals surface area (Å²) in [6.07, 6.45) is 0.769. The molecule has 0 saturated heterocycles. The molecule has 0 amide bonds. The molecular formula is C15H19N3O. The molecule has 100 valence electrons. The van der Waals surface area contributed by atoms with Gasteiger partial charge in [0.15, 0.2) is 6.29 Å². The lowest BCUT2D eigenvalue weighted by Gasteiger charge is -2.20. The highest BCUT2D eigenvalue weighted by Crippen LogP contribution is 2.26. The Labute approximate surface area is 113 Å². The third kappa shape index (κ3) is 2.43. The van der Waals surface area contributed by atoms with E-state index in [4.69, 9.17) is 0 Å². The Morgan fingerprint density at radius 2 is 1.84 bits per heavy atom. The lowest BCUT2D eigenvalue weighted by Crippen LogP contribution is -2.19. The molecule has 0 N–H and O–H groups in total. The number of hydrogen-bond donors (Lipinski definition) is 0. The van der Waals surface area contributed by atoms with E-state index in [1.807, 2.05) is 6.07 Å². The molecule has 4 heteroatoms. The van der Waals surface area contributed by atoms with Gasteiger partial charge in [0.1, 0.15) is 5.69 Å². The van der Waals surface area contributed by atoms with Crippen molar-refractivity contribution in [1.82, 2.24) is 15.0 Å². The van der Waals surface area contributed by atoms with Gasteiger partial charge in [0.25, 0.3) is 0 Å². The van der Waals surface area contributed by atoms with Gasteiger partial charge < -0.3 is 0 Å². The molecule has 2 rings (SSSR count). The zero-order chi connectivity index (χ0) is 14.2. The Kier molecular flexibility index (Phi) is 3.27. The molecule has 0 fully saturated rings. The number of carbonyl (C=O) groups excluding carboxylic acids is 1. The van der Waals surface area contributed by atoms with Gasteiger partial charge in [0.05, 0.1) is 11.4 Å². The number of benzene rings is 1. The minimum atomic E-state index is -0.196. The van der Waals surface area contributed by atoms with E-state index in [1.165, 1.54) is 11.1 Å². The van der Waals surface area contributed by atoms with Gasteiger partial charge in [-0.2, -0.15) is 0 Å². The molecule has 1 heterocycles. The van der Waals surface area contributed by atoms with Crippen LogP contribution in [0.1, 0.15) is 48.1 Å². The van der Waals surface area contributed by atoms with E-state index < -0.39 is 0 Å². The van der Waals surface area contributed by atoms with Crippen LogP contribution in [0.3, 0.4) is 0 Å². The van der Waals surface area contributed by atoms with Gasteiger partial charge in [-0.1, -0.05) is 32.1 Å². The van der Waals surface area contributed by atoms with Crippen molar-refractivity contribution in [3.8, 4) is 5.69 Å². The Balaban J connectivity index is 2.65. The lowest BCUT2D eigenvalue weighted by molar-refractivity contribution is 0.111. The van der Waals surface area contributed by atoms with Gasteiger partial charge in [-0.25, -0.2) is 4.68 Å². The first-order valence-corrected chi connectivity index (χ1v) is 6.33. The standard InChI is InChI=1S/C15H19N3O/c1-10-6-7-12(8-11(10)2)18-14(15(3,4)5)13(9-19)16-17-18/h6-9H,1-5H3. The minimum absolute atomic E-state index is 0.196. The summed E-state index contributed by atoms with van der Waals surface area (Å²) >= 11 is 0. The molecule has 0 aliphatic rings. The maximum Gasteiger partial charge on any atom is 0.172 e. The highest BCUT2D eigenvalue weighted by Gasteiger charge is 2.25. The Morgan fingerprint density at radius 1 is 1.16 bits per heavy atom. The molecule has 0 spiro atoms. The van der Waals surface area contributed by atoms with Crippen molar-refractivity contribution in [2.75, 3.05) is 0 Å². The topological polar surface area (TPSA) is 47.8 Å². The van der Waals surface area contributed by atoms with Gasteiger partial charge in [0.2, 0.25) is 0 Å². The van der Waals surface area contributed by atoms with E-state index in [-0.39, 0.29) is 5.41 Å². The first kappa shape index (κ1) is 13.5. The summed E-state index contributed by atoms with van der Waals surface area (Å²) in [6.45, 7) is 10.3. The lowest BCUT2D eigenvalue weighted by atomic mass is 9.90. The molecule has 1 aromatic heterocycles. The highest BCUT2D eigenvalue weighted by atomic mass is 16.1. The van der Waals surface area contributed by atoms with E-state index in [0.29, 0.717) is 5.69 Å². The third-order valence-corrected chi connectivity index (χ3v) is 3.25. The number of aldehydes is 1. The monoisotopic (exact) mass is 257 g/mol. The maximum atomic E-state index is 11.1. The largest absolute Gasteiger partial charge is 0.296 e. The van der Waals surface area contributed by atoms with Crippen molar-refractivity contribution < 1.29 is 4.79 Å². The van der Waals surface area contributed by atoms with Crippen LogP contribution in [0, 0.1) is 13.8 Å². The van der Waals surface area contributed by atoms with Crippen LogP contribution in [0.4, 0.5) is 0 Å². The van der Waals surface area contributed by atoms with E-state index in [9.17, 15) is 4.79 Å². The van der Waals surface area contributed by atoms with E-state index >= 15 is 0 Å². The minimum Gasteiger partial charge on any atom is -0.296 e. The summed E-state index contributed by atoms with van der Waals surface area (Å²) in [5, 5.41) is 8.10. The van der Waals surface area contributed by atoms with Crippen molar-refractivity contribution in [2.24, 2.45) is 0 Å². The van der Waals surface area contributed by atoms with Crippen molar-refractivity contribution in [2.45, 2.75) is 40.0 Å². The van der Waals surface area contributed by atoms with Crippen LogP contribution in [0.2, 0.25) is 0 Å². The van der Waals surface area contributed by atoms with Gasteiger partial charge >= 0.3 is 0 Å². The number of rotatable bonds is 2. The van der Waals surface area contributed by atoms with E-state index in [2.05, 4.69) is 57.1 Å². The van der Waals surface area contributed by atoms with Crippen molar-refractivity contribution in [1.29, 1.82) is 0 Å². The maximum absolute atomic E-state index is 11.1. The molecule has 0 radical (unpaired) electrons. The van der Waals surface area contributed by atoms with Crippen molar-refractivity contribution in [3.63, 3.8) is 0 Å². The summed E-state index contributed by atoms with van der Waals surface area (Å²) in [7, 11) is 0. The molecule has 0 bridgehead atoms. The van der Waals surface area contributed by atoms with Crippen LogP contribution in [-0.4, -0.2) is 21.3 Å². The van der Waals surface area contributed by atoms with Crippen LogP contribution in [0.5, 0.6) is 0 Å². The van der Waals surface area contributed by atoms with Crippen LogP contribution in [-0.2, 0) is 5.41 Å². The molecule has 0 unspecified atom stereocenters. The van der Waals surface area contributed by atoms with E-state index in [1.54, 1.807) is 4.68 Å². The van der Waals surface area contributed by atoms with E-state index in [0.717, 1.165) is 17.7 Å². The molecule has 19 heavy (non-hydrogen) atoms. The second-order valence-corrected chi connectivity index (χ2v) is 5.87. The quantitative estimate of drug-likeness (QED) is 0.777. The fourth-order valence-corrected chi connectivity index (χ4v) is 2.11. The van der Waals surface area contributed by atoms with Gasteiger partial charge in [-0.05, 0) is 37.1 Å². The van der Waals surface area contributed by atoms with Gasteiger partial charge in [-0.3, -0.25) is 4.79 Å². The van der Waals surface area contributed by atoms with Crippen LogP contribution >= 0.6 is 0 Å². The zero-order valence-electron chi connectivity index (χ0n) is 12.1. The second-order valence-electron chi connectivity index (χ2n) is 5.87. The summed E-state index contributed by atoms with van der Waals surface area (Å²) in [6, 6.07) is 6.12. The number of hydrogen-bond acceptors (Lipinski definition) is 3. The SMILES string of the molecule is Cc1ccc(-n2nnc(C=O)c2C(C)(C)C)cc1C. The molecule has 2 aromatic rings. The summed E-state index contributed by atoms with van der Waals surface area (Å²) in [5.74, 6) is 0. The molecule has 0 aliphatic heterocycles. The van der Waals surface area contributed by atoms with Crippen LogP contribution < -0.4 is 0 Å². The van der Waals surface area contributed by atoms with Crippen molar-refractivity contribution >= 4 is 6.29 Å². The fraction of sp³-hybridized carbons (Fsp3) is 0.400. The van der Waals surface area contributed by atoms with Gasteiger partial charge in [-0.15, -0.1) is 5.10 Å². The first-order valence-electron chi connectivity index (χ1n) is 6.33. The third-order valence-electron chi connectivity index (χ3n) is 3.25. The summed E-state index contributed by atoms with van der Waals surface area (Å²) < 4.78 is 1.76. The normalized spacial score (nSPS) is 11.6. The predicted molar refractivity (Wildman–Crippen MR) is 74.9 cm³/mol. The molecular weight excluding hydrogens is 238 g/mol. The second kappa shape index (κ2) is 4.61. The van der Waals surface area contributed by atoms with Gasteiger partial charge in [0, 0.05) is 5.41 Å². The van der Waals surface area contributed by atoms with Crippen LogP contribution in [0.25, 0.3) is 5.69 Å². The molecule has 4 nitrogen and oxygen atoms in total.